The van der Waals surface area contributed by atoms with Gasteiger partial charge < -0.3 is 10.2 Å². The van der Waals surface area contributed by atoms with Crippen molar-refractivity contribution in [2.75, 3.05) is 18.0 Å². The van der Waals surface area contributed by atoms with E-state index in [0.29, 0.717) is 18.7 Å². The van der Waals surface area contributed by atoms with Crippen molar-refractivity contribution in [1.82, 2.24) is 10.2 Å². The molecule has 1 saturated heterocycles. The zero-order valence-corrected chi connectivity index (χ0v) is 15.1. The SMILES string of the molecule is CCN(C(=O)CN1C(=O)N[C@]2(CCCC[C@@H]2C)C1=O)c1ccc(F)cc1. The first-order chi connectivity index (χ1) is 12.4. The molecule has 1 spiro atoms. The van der Waals surface area contributed by atoms with Crippen molar-refractivity contribution < 1.29 is 18.8 Å². The summed E-state index contributed by atoms with van der Waals surface area (Å²) in [6.07, 6.45) is 3.41. The Morgan fingerprint density at radius 1 is 1.31 bits per heavy atom. The molecule has 0 bridgehead atoms. The second-order valence-electron chi connectivity index (χ2n) is 7.05. The predicted molar refractivity (Wildman–Crippen MR) is 95.0 cm³/mol. The number of carbonyl (C=O) groups excluding carboxylic acids is 3. The van der Waals surface area contributed by atoms with Gasteiger partial charge in [0.25, 0.3) is 5.91 Å². The van der Waals surface area contributed by atoms with Gasteiger partial charge >= 0.3 is 6.03 Å². The van der Waals surface area contributed by atoms with E-state index in [1.807, 2.05) is 6.92 Å². The molecular formula is C19H24FN3O3. The predicted octanol–water partition coefficient (Wildman–Crippen LogP) is 2.68. The van der Waals surface area contributed by atoms with E-state index in [1.54, 1.807) is 6.92 Å². The molecule has 140 valence electrons. The van der Waals surface area contributed by atoms with Crippen LogP contribution in [0.2, 0.25) is 0 Å². The average Bonchev–Trinajstić information content (AvgIpc) is 2.85. The van der Waals surface area contributed by atoms with Gasteiger partial charge in [0.15, 0.2) is 0 Å². The first kappa shape index (κ1) is 18.4. The van der Waals surface area contributed by atoms with E-state index >= 15 is 0 Å². The lowest BCUT2D eigenvalue weighted by Crippen LogP contribution is -2.54. The maximum Gasteiger partial charge on any atom is 0.325 e. The number of halogens is 1. The summed E-state index contributed by atoms with van der Waals surface area (Å²) in [5.41, 5.74) is -0.339. The highest BCUT2D eigenvalue weighted by Crippen LogP contribution is 2.38. The lowest BCUT2D eigenvalue weighted by molar-refractivity contribution is -0.136. The molecule has 7 heteroatoms. The molecule has 1 heterocycles. The number of benzene rings is 1. The van der Waals surface area contributed by atoms with Crippen molar-refractivity contribution in [1.29, 1.82) is 0 Å². The van der Waals surface area contributed by atoms with E-state index in [9.17, 15) is 18.8 Å². The van der Waals surface area contributed by atoms with Crippen LogP contribution in [0.15, 0.2) is 24.3 Å². The first-order valence-electron chi connectivity index (χ1n) is 9.09. The molecule has 6 nitrogen and oxygen atoms in total. The second kappa shape index (κ2) is 7.05. The van der Waals surface area contributed by atoms with Crippen molar-refractivity contribution >= 4 is 23.5 Å². The number of hydrogen-bond acceptors (Lipinski definition) is 3. The lowest BCUT2D eigenvalue weighted by Gasteiger charge is -2.36. The number of amides is 4. The summed E-state index contributed by atoms with van der Waals surface area (Å²) in [4.78, 5) is 40.5. The molecule has 1 aliphatic heterocycles. The van der Waals surface area contributed by atoms with Crippen LogP contribution in [0, 0.1) is 11.7 Å². The minimum Gasteiger partial charge on any atom is -0.323 e. The van der Waals surface area contributed by atoms with Crippen LogP contribution in [0.4, 0.5) is 14.9 Å². The van der Waals surface area contributed by atoms with Gasteiger partial charge in [-0.25, -0.2) is 9.18 Å². The van der Waals surface area contributed by atoms with Crippen LogP contribution >= 0.6 is 0 Å². The molecule has 4 amide bonds. The third-order valence-electron chi connectivity index (χ3n) is 5.55. The minimum absolute atomic E-state index is 0.0483. The molecule has 0 aromatic heterocycles. The van der Waals surface area contributed by atoms with E-state index in [1.165, 1.54) is 29.2 Å². The van der Waals surface area contributed by atoms with E-state index < -0.39 is 11.6 Å². The topological polar surface area (TPSA) is 69.7 Å². The largest absolute Gasteiger partial charge is 0.325 e. The van der Waals surface area contributed by atoms with Crippen molar-refractivity contribution in [2.45, 2.75) is 45.1 Å². The van der Waals surface area contributed by atoms with Crippen molar-refractivity contribution in [3.05, 3.63) is 30.1 Å². The molecule has 2 atom stereocenters. The van der Waals surface area contributed by atoms with Crippen molar-refractivity contribution in [3.63, 3.8) is 0 Å². The zero-order chi connectivity index (χ0) is 18.9. The molecule has 1 aromatic carbocycles. The quantitative estimate of drug-likeness (QED) is 0.839. The lowest BCUT2D eigenvalue weighted by atomic mass is 9.73. The fourth-order valence-corrected chi connectivity index (χ4v) is 3.98. The number of anilines is 1. The molecule has 1 aliphatic carbocycles. The molecule has 26 heavy (non-hydrogen) atoms. The molecular weight excluding hydrogens is 337 g/mol. The number of imide groups is 1. The highest BCUT2D eigenvalue weighted by Gasteiger charge is 2.55. The number of likely N-dealkylation sites (N-methyl/N-ethyl adjacent to an activating group) is 1. The van der Waals surface area contributed by atoms with Crippen LogP contribution in [0.3, 0.4) is 0 Å². The fraction of sp³-hybridized carbons (Fsp3) is 0.526. The summed E-state index contributed by atoms with van der Waals surface area (Å²) < 4.78 is 13.1. The maximum atomic E-state index is 13.1. The molecule has 3 rings (SSSR count). The summed E-state index contributed by atoms with van der Waals surface area (Å²) in [5, 5.41) is 2.85. The van der Waals surface area contributed by atoms with Crippen LogP contribution in [0.5, 0.6) is 0 Å². The van der Waals surface area contributed by atoms with Gasteiger partial charge in [0.2, 0.25) is 5.91 Å². The Balaban J connectivity index is 1.77. The van der Waals surface area contributed by atoms with Crippen LogP contribution in [0.1, 0.15) is 39.5 Å². The van der Waals surface area contributed by atoms with Gasteiger partial charge in [0.05, 0.1) is 0 Å². The minimum atomic E-state index is -0.872. The molecule has 1 saturated carbocycles. The van der Waals surface area contributed by atoms with Crippen molar-refractivity contribution in [2.24, 2.45) is 5.92 Å². The summed E-state index contributed by atoms with van der Waals surface area (Å²) in [5.74, 6) is -1.02. The van der Waals surface area contributed by atoms with E-state index in [2.05, 4.69) is 5.32 Å². The Hall–Kier alpha value is -2.44. The number of rotatable bonds is 4. The van der Waals surface area contributed by atoms with Gasteiger partial charge in [-0.3, -0.25) is 14.5 Å². The smallest absolute Gasteiger partial charge is 0.323 e. The second-order valence-corrected chi connectivity index (χ2v) is 7.05. The third-order valence-corrected chi connectivity index (χ3v) is 5.55. The third kappa shape index (κ3) is 3.06. The molecule has 1 aromatic rings. The summed E-state index contributed by atoms with van der Waals surface area (Å²) in [6.45, 7) is 3.80. The summed E-state index contributed by atoms with van der Waals surface area (Å²) in [7, 11) is 0. The van der Waals surface area contributed by atoms with Gasteiger partial charge in [0.1, 0.15) is 17.9 Å². The highest BCUT2D eigenvalue weighted by atomic mass is 19.1. The van der Waals surface area contributed by atoms with Crippen LogP contribution in [-0.4, -0.2) is 41.4 Å². The monoisotopic (exact) mass is 361 g/mol. The maximum absolute atomic E-state index is 13.1. The fourth-order valence-electron chi connectivity index (χ4n) is 3.98. The normalized spacial score (nSPS) is 25.5. The van der Waals surface area contributed by atoms with E-state index in [4.69, 9.17) is 0 Å². The summed E-state index contributed by atoms with van der Waals surface area (Å²) >= 11 is 0. The molecule has 2 aliphatic rings. The number of hydrogen-bond donors (Lipinski definition) is 1. The molecule has 2 fully saturated rings. The molecule has 0 unspecified atom stereocenters. The molecule has 0 radical (unpaired) electrons. The van der Waals surface area contributed by atoms with Gasteiger partial charge in [-0.2, -0.15) is 0 Å². The standard InChI is InChI=1S/C19H24FN3O3/c1-3-22(15-9-7-14(20)8-10-15)16(24)12-23-17(25)19(21-18(23)26)11-5-4-6-13(19)2/h7-10,13H,3-6,11-12H2,1-2H3,(H,21,26)/t13-,19-/m0/s1. The number of nitrogens with zero attached hydrogens (tertiary/aromatic N) is 2. The Morgan fingerprint density at radius 3 is 2.62 bits per heavy atom. The Labute approximate surface area is 152 Å². The van der Waals surface area contributed by atoms with E-state index in [0.717, 1.165) is 24.2 Å². The van der Waals surface area contributed by atoms with Gasteiger partial charge in [-0.05, 0) is 49.9 Å². The number of nitrogens with one attached hydrogen (secondary N) is 1. The van der Waals surface area contributed by atoms with Crippen molar-refractivity contribution in [3.8, 4) is 0 Å². The first-order valence-corrected chi connectivity index (χ1v) is 9.09. The molecule has 1 N–H and O–H groups in total. The van der Waals surface area contributed by atoms with Crippen LogP contribution in [0.25, 0.3) is 0 Å². The van der Waals surface area contributed by atoms with Gasteiger partial charge in [-0.1, -0.05) is 19.8 Å². The van der Waals surface area contributed by atoms with Crippen LogP contribution in [-0.2, 0) is 9.59 Å². The van der Waals surface area contributed by atoms with Gasteiger partial charge in [-0.15, -0.1) is 0 Å². The zero-order valence-electron chi connectivity index (χ0n) is 15.1. The van der Waals surface area contributed by atoms with Crippen LogP contribution < -0.4 is 10.2 Å². The number of carbonyl (C=O) groups is 3. The average molecular weight is 361 g/mol. The van der Waals surface area contributed by atoms with E-state index in [-0.39, 0.29) is 30.1 Å². The Morgan fingerprint density at radius 2 is 2.00 bits per heavy atom. The van der Waals surface area contributed by atoms with Gasteiger partial charge in [0, 0.05) is 12.2 Å². The Bertz CT molecular complexity index is 721. The summed E-state index contributed by atoms with van der Waals surface area (Å²) in [6, 6.07) is 5.06. The number of urea groups is 1. The highest BCUT2D eigenvalue weighted by molar-refractivity contribution is 6.10. The Kier molecular flexibility index (Phi) is 4.98.